The van der Waals surface area contributed by atoms with Gasteiger partial charge in [0.1, 0.15) is 0 Å². The van der Waals surface area contributed by atoms with Crippen LogP contribution >= 0.6 is 0 Å². The predicted molar refractivity (Wildman–Crippen MR) is 73.8 cm³/mol. The molecule has 0 saturated heterocycles. The van der Waals surface area contributed by atoms with E-state index in [1.807, 2.05) is 12.1 Å². The van der Waals surface area contributed by atoms with Crippen LogP contribution < -0.4 is 4.74 Å². The molecule has 1 aromatic carbocycles. The summed E-state index contributed by atoms with van der Waals surface area (Å²) in [6.45, 7) is 0. The van der Waals surface area contributed by atoms with Gasteiger partial charge in [0.25, 0.3) is 0 Å². The number of benzene rings is 1. The van der Waals surface area contributed by atoms with Gasteiger partial charge in [-0.1, -0.05) is 6.07 Å². The number of halogens is 1. The molecule has 5 heteroatoms. The number of hydrogen-bond acceptors (Lipinski definition) is 3. The van der Waals surface area contributed by atoms with Gasteiger partial charge in [0, 0.05) is 23.5 Å². The lowest BCUT2D eigenvalue weighted by Gasteiger charge is -2.06. The Labute approximate surface area is 115 Å². The second kappa shape index (κ2) is 5.13. The summed E-state index contributed by atoms with van der Waals surface area (Å²) in [7, 11) is 1.45. The number of hydrogen-bond donors (Lipinski definition) is 1. The summed E-state index contributed by atoms with van der Waals surface area (Å²) in [5, 5.41) is 7.03. The van der Waals surface area contributed by atoms with E-state index in [2.05, 4.69) is 15.2 Å². The standard InChI is InChI=1S/C15H12FN3O/c1-20-14-8-11(2-3-13(14)16)12-9-18-19-15(12)10-4-6-17-7-5-10/h2-9H,1H3,(H,18,19). The van der Waals surface area contributed by atoms with E-state index in [1.165, 1.54) is 13.2 Å². The highest BCUT2D eigenvalue weighted by Gasteiger charge is 2.12. The Kier molecular flexibility index (Phi) is 3.16. The molecule has 0 fully saturated rings. The first kappa shape index (κ1) is 12.3. The molecule has 0 bridgehead atoms. The van der Waals surface area contributed by atoms with Crippen LogP contribution in [0.1, 0.15) is 0 Å². The van der Waals surface area contributed by atoms with Crippen molar-refractivity contribution in [2.75, 3.05) is 7.11 Å². The molecule has 2 aromatic heterocycles. The predicted octanol–water partition coefficient (Wildman–Crippen LogP) is 3.29. The highest BCUT2D eigenvalue weighted by molar-refractivity contribution is 5.80. The molecule has 0 aliphatic carbocycles. The molecule has 3 rings (SSSR count). The fraction of sp³-hybridized carbons (Fsp3) is 0.0667. The van der Waals surface area contributed by atoms with Gasteiger partial charge in [0.15, 0.2) is 11.6 Å². The second-order valence-electron chi connectivity index (χ2n) is 4.24. The minimum atomic E-state index is -0.384. The van der Waals surface area contributed by atoms with E-state index in [9.17, 15) is 4.39 Å². The normalized spacial score (nSPS) is 10.5. The maximum Gasteiger partial charge on any atom is 0.165 e. The summed E-state index contributed by atoms with van der Waals surface area (Å²) in [6, 6.07) is 8.52. The van der Waals surface area contributed by atoms with Gasteiger partial charge < -0.3 is 4.74 Å². The fourth-order valence-electron chi connectivity index (χ4n) is 2.07. The van der Waals surface area contributed by atoms with Gasteiger partial charge in [-0.15, -0.1) is 0 Å². The lowest BCUT2D eigenvalue weighted by Crippen LogP contribution is -1.89. The number of aromatic nitrogens is 3. The number of nitrogens with one attached hydrogen (secondary N) is 1. The number of methoxy groups -OCH3 is 1. The zero-order valence-corrected chi connectivity index (χ0v) is 10.8. The molecule has 0 unspecified atom stereocenters. The van der Waals surface area contributed by atoms with E-state index in [0.717, 1.165) is 22.4 Å². The minimum absolute atomic E-state index is 0.212. The molecule has 0 aliphatic rings. The van der Waals surface area contributed by atoms with Crippen molar-refractivity contribution in [1.29, 1.82) is 0 Å². The third-order valence-corrected chi connectivity index (χ3v) is 3.07. The van der Waals surface area contributed by atoms with Crippen molar-refractivity contribution in [3.05, 3.63) is 54.7 Å². The first-order valence-corrected chi connectivity index (χ1v) is 6.07. The second-order valence-corrected chi connectivity index (χ2v) is 4.24. The van der Waals surface area contributed by atoms with Crippen molar-refractivity contribution in [2.45, 2.75) is 0 Å². The summed E-state index contributed by atoms with van der Waals surface area (Å²) in [5.41, 5.74) is 3.55. The average Bonchev–Trinajstić information content (AvgIpc) is 2.98. The molecule has 1 N–H and O–H groups in total. The smallest absolute Gasteiger partial charge is 0.165 e. The van der Waals surface area contributed by atoms with Crippen LogP contribution in [0.2, 0.25) is 0 Å². The van der Waals surface area contributed by atoms with Gasteiger partial charge >= 0.3 is 0 Å². The molecular formula is C15H12FN3O. The zero-order chi connectivity index (χ0) is 13.9. The van der Waals surface area contributed by atoms with Gasteiger partial charge in [0.2, 0.25) is 0 Å². The Bertz CT molecular complexity index is 725. The maximum absolute atomic E-state index is 13.5. The van der Waals surface area contributed by atoms with Crippen molar-refractivity contribution < 1.29 is 9.13 Å². The quantitative estimate of drug-likeness (QED) is 0.793. The van der Waals surface area contributed by atoms with Crippen LogP contribution in [0.25, 0.3) is 22.4 Å². The number of ether oxygens (including phenoxy) is 1. The molecule has 0 amide bonds. The molecule has 100 valence electrons. The maximum atomic E-state index is 13.5. The largest absolute Gasteiger partial charge is 0.494 e. The topological polar surface area (TPSA) is 50.8 Å². The molecule has 20 heavy (non-hydrogen) atoms. The van der Waals surface area contributed by atoms with Gasteiger partial charge in [-0.2, -0.15) is 5.10 Å². The first-order chi connectivity index (χ1) is 9.79. The van der Waals surface area contributed by atoms with E-state index in [1.54, 1.807) is 30.7 Å². The van der Waals surface area contributed by atoms with Crippen LogP contribution in [-0.2, 0) is 0 Å². The monoisotopic (exact) mass is 269 g/mol. The van der Waals surface area contributed by atoms with Crippen molar-refractivity contribution in [1.82, 2.24) is 15.2 Å². The van der Waals surface area contributed by atoms with Gasteiger partial charge in [0.05, 0.1) is 19.0 Å². The third-order valence-electron chi connectivity index (χ3n) is 3.07. The van der Waals surface area contributed by atoms with Crippen LogP contribution in [0.5, 0.6) is 5.75 Å². The number of pyridine rings is 1. The molecule has 2 heterocycles. The molecule has 0 aliphatic heterocycles. The van der Waals surface area contributed by atoms with Crippen molar-refractivity contribution in [3.8, 4) is 28.1 Å². The van der Waals surface area contributed by atoms with E-state index >= 15 is 0 Å². The highest BCUT2D eigenvalue weighted by atomic mass is 19.1. The summed E-state index contributed by atoms with van der Waals surface area (Å²) in [5.74, 6) is -0.172. The molecular weight excluding hydrogens is 257 g/mol. The van der Waals surface area contributed by atoms with E-state index < -0.39 is 0 Å². The number of aromatic amines is 1. The Morgan fingerprint density at radius 3 is 2.65 bits per heavy atom. The van der Waals surface area contributed by atoms with E-state index in [0.29, 0.717) is 0 Å². The summed E-state index contributed by atoms with van der Waals surface area (Å²) >= 11 is 0. The fourth-order valence-corrected chi connectivity index (χ4v) is 2.07. The third kappa shape index (κ3) is 2.14. The van der Waals surface area contributed by atoms with Crippen LogP contribution in [0, 0.1) is 5.82 Å². The van der Waals surface area contributed by atoms with Crippen molar-refractivity contribution in [2.24, 2.45) is 0 Å². The van der Waals surface area contributed by atoms with Gasteiger partial charge in [-0.25, -0.2) is 4.39 Å². The SMILES string of the molecule is COc1cc(-c2cn[nH]c2-c2ccncc2)ccc1F. The minimum Gasteiger partial charge on any atom is -0.494 e. The Morgan fingerprint density at radius 1 is 1.10 bits per heavy atom. The lowest BCUT2D eigenvalue weighted by molar-refractivity contribution is 0.387. The average molecular weight is 269 g/mol. The Hall–Kier alpha value is -2.69. The van der Waals surface area contributed by atoms with E-state index in [-0.39, 0.29) is 11.6 Å². The number of rotatable bonds is 3. The molecule has 0 saturated carbocycles. The summed E-state index contributed by atoms with van der Waals surface area (Å²) in [4.78, 5) is 3.99. The van der Waals surface area contributed by atoms with Gasteiger partial charge in [-0.05, 0) is 29.8 Å². The van der Waals surface area contributed by atoms with Crippen LogP contribution in [0.3, 0.4) is 0 Å². The number of nitrogens with zero attached hydrogens (tertiary/aromatic N) is 2. The summed E-state index contributed by atoms with van der Waals surface area (Å²) < 4.78 is 18.5. The summed E-state index contributed by atoms with van der Waals surface area (Å²) in [6.07, 6.45) is 5.14. The van der Waals surface area contributed by atoms with Crippen molar-refractivity contribution >= 4 is 0 Å². The van der Waals surface area contributed by atoms with Crippen molar-refractivity contribution in [3.63, 3.8) is 0 Å². The van der Waals surface area contributed by atoms with E-state index in [4.69, 9.17) is 4.74 Å². The molecule has 4 nitrogen and oxygen atoms in total. The Morgan fingerprint density at radius 2 is 1.90 bits per heavy atom. The highest BCUT2D eigenvalue weighted by Crippen LogP contribution is 2.32. The van der Waals surface area contributed by atoms with Crippen LogP contribution in [0.15, 0.2) is 48.9 Å². The molecule has 0 atom stereocenters. The zero-order valence-electron chi connectivity index (χ0n) is 10.8. The molecule has 3 aromatic rings. The van der Waals surface area contributed by atoms with Crippen LogP contribution in [0.4, 0.5) is 4.39 Å². The van der Waals surface area contributed by atoms with Crippen LogP contribution in [-0.4, -0.2) is 22.3 Å². The van der Waals surface area contributed by atoms with Gasteiger partial charge in [-0.3, -0.25) is 10.1 Å². The lowest BCUT2D eigenvalue weighted by atomic mass is 10.0. The molecule has 0 radical (unpaired) electrons. The Balaban J connectivity index is 2.10. The number of H-pyrrole nitrogens is 1. The first-order valence-electron chi connectivity index (χ1n) is 6.07. The molecule has 0 spiro atoms.